The summed E-state index contributed by atoms with van der Waals surface area (Å²) in [7, 11) is 0. The fraction of sp³-hybridized carbons (Fsp3) is 0.500. The van der Waals surface area contributed by atoms with Crippen molar-refractivity contribution < 1.29 is 9.18 Å². The van der Waals surface area contributed by atoms with Crippen LogP contribution in [0, 0.1) is 5.82 Å². The van der Waals surface area contributed by atoms with E-state index in [1.54, 1.807) is 18.2 Å². The van der Waals surface area contributed by atoms with Crippen molar-refractivity contribution in [3.8, 4) is 0 Å². The first-order valence-corrected chi connectivity index (χ1v) is 6.49. The molecule has 0 saturated carbocycles. The molecule has 2 rings (SSSR count). The highest BCUT2D eigenvalue weighted by Crippen LogP contribution is 2.10. The summed E-state index contributed by atoms with van der Waals surface area (Å²) >= 11 is 0. The van der Waals surface area contributed by atoms with Crippen molar-refractivity contribution in [2.24, 2.45) is 0 Å². The Kier molecular flexibility index (Phi) is 4.70. The summed E-state index contributed by atoms with van der Waals surface area (Å²) < 4.78 is 13.4. The van der Waals surface area contributed by atoms with Crippen LogP contribution in [0.2, 0.25) is 0 Å². The average molecular weight is 250 g/mol. The number of amides is 1. The highest BCUT2D eigenvalue weighted by molar-refractivity contribution is 5.76. The monoisotopic (exact) mass is 250 g/mol. The zero-order valence-corrected chi connectivity index (χ0v) is 10.5. The van der Waals surface area contributed by atoms with E-state index in [4.69, 9.17) is 0 Å². The molecule has 98 valence electrons. The first-order valence-electron chi connectivity index (χ1n) is 6.49. The molecule has 0 radical (unpaired) electrons. The predicted molar refractivity (Wildman–Crippen MR) is 68.8 cm³/mol. The number of aryl methyl sites for hydroxylation is 1. The molecule has 0 atom stereocenters. The summed E-state index contributed by atoms with van der Waals surface area (Å²) in [6.07, 6.45) is 1.86. The van der Waals surface area contributed by atoms with E-state index in [0.717, 1.165) is 32.6 Å². The van der Waals surface area contributed by atoms with Gasteiger partial charge in [0.15, 0.2) is 0 Å². The number of carbonyl (C=O) groups is 1. The van der Waals surface area contributed by atoms with Crippen LogP contribution in [0.4, 0.5) is 4.39 Å². The Bertz CT molecular complexity index is 401. The standard InChI is InChI=1S/C14H19FN2O/c15-13-5-2-1-4-12(13)6-7-14(18)17-10-3-8-16-9-11-17/h1-2,4-5,16H,3,6-11H2. The number of carbonyl (C=O) groups excluding carboxylic acids is 1. The Balaban J connectivity index is 1.86. The number of benzene rings is 1. The molecule has 18 heavy (non-hydrogen) atoms. The van der Waals surface area contributed by atoms with Crippen molar-refractivity contribution in [3.63, 3.8) is 0 Å². The molecule has 4 heteroatoms. The second kappa shape index (κ2) is 6.50. The van der Waals surface area contributed by atoms with Crippen molar-refractivity contribution >= 4 is 5.91 Å². The lowest BCUT2D eigenvalue weighted by molar-refractivity contribution is -0.130. The summed E-state index contributed by atoms with van der Waals surface area (Å²) in [5, 5.41) is 3.26. The Hall–Kier alpha value is -1.42. The minimum absolute atomic E-state index is 0.127. The van der Waals surface area contributed by atoms with Crippen molar-refractivity contribution in [3.05, 3.63) is 35.6 Å². The van der Waals surface area contributed by atoms with Gasteiger partial charge in [0.1, 0.15) is 5.82 Å². The second-order valence-electron chi connectivity index (χ2n) is 4.58. The van der Waals surface area contributed by atoms with Crippen LogP contribution in [0.5, 0.6) is 0 Å². The van der Waals surface area contributed by atoms with Gasteiger partial charge in [-0.25, -0.2) is 4.39 Å². The van der Waals surface area contributed by atoms with Crippen molar-refractivity contribution in [1.82, 2.24) is 10.2 Å². The van der Waals surface area contributed by atoms with Gasteiger partial charge < -0.3 is 10.2 Å². The topological polar surface area (TPSA) is 32.3 Å². The van der Waals surface area contributed by atoms with Gasteiger partial charge in [-0.05, 0) is 31.0 Å². The molecule has 0 bridgehead atoms. The molecular weight excluding hydrogens is 231 g/mol. The molecule has 0 aromatic heterocycles. The maximum Gasteiger partial charge on any atom is 0.222 e. The number of rotatable bonds is 3. The molecule has 1 aliphatic rings. The molecule has 1 heterocycles. The van der Waals surface area contributed by atoms with Gasteiger partial charge >= 0.3 is 0 Å². The Morgan fingerprint density at radius 3 is 2.94 bits per heavy atom. The van der Waals surface area contributed by atoms with Crippen molar-refractivity contribution in [2.75, 3.05) is 26.2 Å². The van der Waals surface area contributed by atoms with Crippen LogP contribution in [0.3, 0.4) is 0 Å². The summed E-state index contributed by atoms with van der Waals surface area (Å²) in [5.41, 5.74) is 0.624. The minimum Gasteiger partial charge on any atom is -0.341 e. The zero-order valence-electron chi connectivity index (χ0n) is 10.5. The average Bonchev–Trinajstić information content (AvgIpc) is 2.66. The highest BCUT2D eigenvalue weighted by atomic mass is 19.1. The first kappa shape index (κ1) is 13.0. The quantitative estimate of drug-likeness (QED) is 0.883. The highest BCUT2D eigenvalue weighted by Gasteiger charge is 2.15. The Morgan fingerprint density at radius 1 is 1.28 bits per heavy atom. The van der Waals surface area contributed by atoms with Gasteiger partial charge in [-0.2, -0.15) is 0 Å². The fourth-order valence-corrected chi connectivity index (χ4v) is 2.20. The third-order valence-electron chi connectivity index (χ3n) is 3.26. The van der Waals surface area contributed by atoms with Gasteiger partial charge in [0, 0.05) is 26.1 Å². The maximum atomic E-state index is 13.4. The molecule has 1 aromatic rings. The molecule has 3 nitrogen and oxygen atoms in total. The van der Waals surface area contributed by atoms with Gasteiger partial charge in [0.25, 0.3) is 0 Å². The fourth-order valence-electron chi connectivity index (χ4n) is 2.20. The maximum absolute atomic E-state index is 13.4. The summed E-state index contributed by atoms with van der Waals surface area (Å²) in [5.74, 6) is -0.0928. The van der Waals surface area contributed by atoms with E-state index in [2.05, 4.69) is 5.32 Å². The molecule has 1 N–H and O–H groups in total. The number of nitrogens with one attached hydrogen (secondary N) is 1. The van der Waals surface area contributed by atoms with E-state index in [1.165, 1.54) is 6.07 Å². The van der Waals surface area contributed by atoms with Crippen LogP contribution in [-0.2, 0) is 11.2 Å². The third kappa shape index (κ3) is 3.53. The summed E-state index contributed by atoms with van der Waals surface area (Å²) in [6.45, 7) is 3.39. The van der Waals surface area contributed by atoms with Gasteiger partial charge in [-0.1, -0.05) is 18.2 Å². The number of hydrogen-bond donors (Lipinski definition) is 1. The normalized spacial score (nSPS) is 16.4. The lowest BCUT2D eigenvalue weighted by Gasteiger charge is -2.19. The molecule has 0 spiro atoms. The van der Waals surface area contributed by atoms with Crippen LogP contribution in [-0.4, -0.2) is 37.0 Å². The number of halogens is 1. The molecule has 1 fully saturated rings. The van der Waals surface area contributed by atoms with E-state index in [9.17, 15) is 9.18 Å². The Morgan fingerprint density at radius 2 is 2.11 bits per heavy atom. The molecule has 1 saturated heterocycles. The molecule has 0 aliphatic carbocycles. The molecule has 1 amide bonds. The molecule has 0 unspecified atom stereocenters. The van der Waals surface area contributed by atoms with Crippen LogP contribution < -0.4 is 5.32 Å². The van der Waals surface area contributed by atoms with Crippen LogP contribution >= 0.6 is 0 Å². The first-order chi connectivity index (χ1) is 8.77. The third-order valence-corrected chi connectivity index (χ3v) is 3.26. The number of nitrogens with zero attached hydrogens (tertiary/aromatic N) is 1. The SMILES string of the molecule is O=C(CCc1ccccc1F)N1CCCNCC1. The van der Waals surface area contributed by atoms with E-state index in [1.807, 2.05) is 4.90 Å². The van der Waals surface area contributed by atoms with Gasteiger partial charge in [0.2, 0.25) is 5.91 Å². The van der Waals surface area contributed by atoms with Crippen LogP contribution in [0.25, 0.3) is 0 Å². The second-order valence-corrected chi connectivity index (χ2v) is 4.58. The van der Waals surface area contributed by atoms with Gasteiger partial charge in [-0.15, -0.1) is 0 Å². The van der Waals surface area contributed by atoms with Gasteiger partial charge in [-0.3, -0.25) is 4.79 Å². The van der Waals surface area contributed by atoms with E-state index >= 15 is 0 Å². The molecule has 1 aromatic carbocycles. The van der Waals surface area contributed by atoms with Gasteiger partial charge in [0.05, 0.1) is 0 Å². The van der Waals surface area contributed by atoms with E-state index in [0.29, 0.717) is 18.4 Å². The van der Waals surface area contributed by atoms with Crippen LogP contribution in [0.1, 0.15) is 18.4 Å². The lowest BCUT2D eigenvalue weighted by Crippen LogP contribution is -2.34. The molecular formula is C14H19FN2O. The summed E-state index contributed by atoms with van der Waals surface area (Å²) in [4.78, 5) is 13.9. The zero-order chi connectivity index (χ0) is 12.8. The van der Waals surface area contributed by atoms with E-state index < -0.39 is 0 Å². The van der Waals surface area contributed by atoms with Crippen LogP contribution in [0.15, 0.2) is 24.3 Å². The Labute approximate surface area is 107 Å². The molecule has 1 aliphatic heterocycles. The van der Waals surface area contributed by atoms with Crippen molar-refractivity contribution in [1.29, 1.82) is 0 Å². The largest absolute Gasteiger partial charge is 0.341 e. The summed E-state index contributed by atoms with van der Waals surface area (Å²) in [6, 6.07) is 6.65. The van der Waals surface area contributed by atoms with E-state index in [-0.39, 0.29) is 11.7 Å². The van der Waals surface area contributed by atoms with Crippen molar-refractivity contribution in [2.45, 2.75) is 19.3 Å². The minimum atomic E-state index is -0.220. The smallest absolute Gasteiger partial charge is 0.222 e. The lowest BCUT2D eigenvalue weighted by atomic mass is 10.1. The predicted octanol–water partition coefficient (Wildman–Crippen LogP) is 1.58. The number of hydrogen-bond acceptors (Lipinski definition) is 2.